The van der Waals surface area contributed by atoms with Crippen LogP contribution in [0.3, 0.4) is 0 Å². The summed E-state index contributed by atoms with van der Waals surface area (Å²) < 4.78 is 0. The van der Waals surface area contributed by atoms with Crippen molar-refractivity contribution in [2.45, 2.75) is 89.1 Å². The van der Waals surface area contributed by atoms with E-state index in [1.165, 1.54) is 0 Å². The van der Waals surface area contributed by atoms with E-state index in [4.69, 9.17) is 0 Å². The second-order valence-electron chi connectivity index (χ2n) is 10.2. The molecule has 1 unspecified atom stereocenters. The molecule has 5 nitrogen and oxygen atoms in total. The van der Waals surface area contributed by atoms with E-state index in [1.54, 1.807) is 0 Å². The number of nitrogens with zero attached hydrogens (tertiary/aromatic N) is 2. The molecule has 3 saturated heterocycles. The number of hydrogen-bond acceptors (Lipinski definition) is 4. The lowest BCUT2D eigenvalue weighted by Crippen LogP contribution is -2.62. The lowest BCUT2D eigenvalue weighted by Gasteiger charge is -2.55. The van der Waals surface area contributed by atoms with E-state index in [1.807, 2.05) is 0 Å². The number of fused-ring (bicyclic) bond motifs is 2. The summed E-state index contributed by atoms with van der Waals surface area (Å²) >= 11 is 0. The number of ketones is 2. The fraction of sp³-hybridized carbons (Fsp3) is 0.800. The zero-order chi connectivity index (χ0) is 20.7. The van der Waals surface area contributed by atoms with Crippen LogP contribution in [0, 0.1) is 29.1 Å². The second-order valence-corrected chi connectivity index (χ2v) is 10.2. The van der Waals surface area contributed by atoms with Crippen LogP contribution in [0.5, 0.6) is 0 Å². The Morgan fingerprint density at radius 3 is 2.63 bits per heavy atom. The highest BCUT2D eigenvalue weighted by atomic mass is 16.2. The topological polar surface area (TPSA) is 57.7 Å². The van der Waals surface area contributed by atoms with Crippen LogP contribution in [0.1, 0.15) is 77.0 Å². The van der Waals surface area contributed by atoms with Crippen LogP contribution in [-0.2, 0) is 14.4 Å². The molecule has 0 aromatic rings. The first-order valence-electron chi connectivity index (χ1n) is 12.1. The molecular formula is C25H34N2O3. The Kier molecular flexibility index (Phi) is 5.47. The van der Waals surface area contributed by atoms with Crippen molar-refractivity contribution < 1.29 is 14.4 Å². The molecule has 1 aliphatic carbocycles. The Balaban J connectivity index is 1.58. The van der Waals surface area contributed by atoms with Crippen LogP contribution in [-0.4, -0.2) is 59.0 Å². The largest absolute Gasteiger partial charge is 0.342 e. The molecule has 5 heteroatoms. The summed E-state index contributed by atoms with van der Waals surface area (Å²) in [6, 6.07) is 0.0502. The van der Waals surface area contributed by atoms with Crippen molar-refractivity contribution in [3.05, 3.63) is 0 Å². The Morgan fingerprint density at radius 2 is 1.73 bits per heavy atom. The van der Waals surface area contributed by atoms with Gasteiger partial charge in [-0.1, -0.05) is 6.42 Å². The second kappa shape index (κ2) is 8.11. The van der Waals surface area contributed by atoms with Gasteiger partial charge in [0.2, 0.25) is 5.91 Å². The molecule has 0 aromatic carbocycles. The SMILES string of the molecule is O=C1C[C@@H]2CCN3C[C@@]24C[C@H]2C(=O)CCCCCN2[C@H]4C1CCC#CCCCC3=O. The average molecular weight is 411 g/mol. The van der Waals surface area contributed by atoms with Crippen molar-refractivity contribution in [1.29, 1.82) is 0 Å². The lowest BCUT2D eigenvalue weighted by molar-refractivity contribution is -0.148. The molecule has 1 spiro atoms. The molecule has 5 rings (SSSR count). The highest BCUT2D eigenvalue weighted by Gasteiger charge is 2.64. The first-order chi connectivity index (χ1) is 14.6. The fourth-order valence-corrected chi connectivity index (χ4v) is 7.31. The first-order valence-corrected chi connectivity index (χ1v) is 12.1. The van der Waals surface area contributed by atoms with E-state index < -0.39 is 0 Å². The number of carbonyl (C=O) groups excluding carboxylic acids is 3. The van der Waals surface area contributed by atoms with Gasteiger partial charge in [-0.05, 0) is 51.0 Å². The summed E-state index contributed by atoms with van der Waals surface area (Å²) in [5.41, 5.74) is -0.0986. The van der Waals surface area contributed by atoms with E-state index in [9.17, 15) is 14.4 Å². The standard InChI is InChI=1S/C25H34N2O3/c28-21-10-6-4-8-13-27-20(21)16-25-17-26-14-12-18(25)15-22(29)19(24(25)27)9-5-2-1-3-7-11-23(26)30/h18-20,24H,3-17H2/t18-,19?,20-,24-,25-/m0/s1. The van der Waals surface area contributed by atoms with Gasteiger partial charge >= 0.3 is 0 Å². The third kappa shape index (κ3) is 3.32. The normalized spacial score (nSPS) is 40.1. The van der Waals surface area contributed by atoms with Gasteiger partial charge in [-0.2, -0.15) is 0 Å². The van der Waals surface area contributed by atoms with Crippen molar-refractivity contribution in [2.75, 3.05) is 19.6 Å². The van der Waals surface area contributed by atoms with E-state index in [2.05, 4.69) is 21.6 Å². The predicted molar refractivity (Wildman–Crippen MR) is 113 cm³/mol. The van der Waals surface area contributed by atoms with Gasteiger partial charge < -0.3 is 4.90 Å². The van der Waals surface area contributed by atoms with Crippen molar-refractivity contribution >= 4 is 17.5 Å². The number of hydrogen-bond donors (Lipinski definition) is 0. The predicted octanol–water partition coefficient (Wildman–Crippen LogP) is 2.96. The number of piperidine rings is 1. The highest BCUT2D eigenvalue weighted by Crippen LogP contribution is 2.58. The quantitative estimate of drug-likeness (QED) is 0.576. The monoisotopic (exact) mass is 410 g/mol. The lowest BCUT2D eigenvalue weighted by atomic mass is 9.56. The smallest absolute Gasteiger partial charge is 0.222 e. The van der Waals surface area contributed by atoms with Gasteiger partial charge in [0.05, 0.1) is 6.04 Å². The Hall–Kier alpha value is -1.67. The van der Waals surface area contributed by atoms with Gasteiger partial charge in [-0.3, -0.25) is 19.3 Å². The van der Waals surface area contributed by atoms with Gasteiger partial charge in [0.25, 0.3) is 0 Å². The molecule has 30 heavy (non-hydrogen) atoms. The molecule has 5 aliphatic rings. The van der Waals surface area contributed by atoms with Crippen LogP contribution in [0.4, 0.5) is 0 Å². The summed E-state index contributed by atoms with van der Waals surface area (Å²) in [5, 5.41) is 0. The molecule has 0 aromatic heterocycles. The number of rotatable bonds is 0. The molecule has 4 fully saturated rings. The molecule has 4 heterocycles. The Morgan fingerprint density at radius 1 is 0.867 bits per heavy atom. The number of Topliss-reactive ketones (excluding diaryl/α,β-unsaturated/α-hetero) is 2. The third-order valence-electron chi connectivity index (χ3n) is 8.67. The maximum atomic E-state index is 13.3. The van der Waals surface area contributed by atoms with Crippen LogP contribution < -0.4 is 0 Å². The Labute approximate surface area is 179 Å². The van der Waals surface area contributed by atoms with E-state index in [-0.39, 0.29) is 29.3 Å². The van der Waals surface area contributed by atoms with Crippen LogP contribution in [0.25, 0.3) is 0 Å². The molecule has 1 saturated carbocycles. The van der Waals surface area contributed by atoms with Gasteiger partial charge in [-0.15, -0.1) is 11.8 Å². The van der Waals surface area contributed by atoms with Crippen LogP contribution in [0.15, 0.2) is 0 Å². The van der Waals surface area contributed by atoms with Crippen LogP contribution >= 0.6 is 0 Å². The minimum Gasteiger partial charge on any atom is -0.342 e. The number of carbonyl (C=O) groups is 3. The van der Waals surface area contributed by atoms with Crippen molar-refractivity contribution in [3.63, 3.8) is 0 Å². The van der Waals surface area contributed by atoms with Crippen molar-refractivity contribution in [3.8, 4) is 11.8 Å². The minimum atomic E-state index is -0.0986. The summed E-state index contributed by atoms with van der Waals surface area (Å²) in [6.07, 6.45) is 9.93. The summed E-state index contributed by atoms with van der Waals surface area (Å²) in [6.45, 7) is 2.42. The zero-order valence-electron chi connectivity index (χ0n) is 18.0. The van der Waals surface area contributed by atoms with Crippen molar-refractivity contribution in [2.24, 2.45) is 17.3 Å². The molecule has 3 bridgehead atoms. The van der Waals surface area contributed by atoms with Gasteiger partial charge in [0, 0.05) is 62.6 Å². The van der Waals surface area contributed by atoms with E-state index in [0.717, 1.165) is 77.4 Å². The van der Waals surface area contributed by atoms with Gasteiger partial charge in [0.15, 0.2) is 0 Å². The summed E-state index contributed by atoms with van der Waals surface area (Å²) in [5.74, 6) is 7.75. The minimum absolute atomic E-state index is 0.0384. The number of amides is 1. The van der Waals surface area contributed by atoms with Gasteiger partial charge in [0.1, 0.15) is 11.6 Å². The summed E-state index contributed by atoms with van der Waals surface area (Å²) in [7, 11) is 0. The van der Waals surface area contributed by atoms with E-state index >= 15 is 0 Å². The van der Waals surface area contributed by atoms with Crippen molar-refractivity contribution in [1.82, 2.24) is 9.80 Å². The molecule has 1 amide bonds. The molecule has 0 radical (unpaired) electrons. The molecule has 162 valence electrons. The van der Waals surface area contributed by atoms with Gasteiger partial charge in [-0.25, -0.2) is 0 Å². The molecule has 5 atom stereocenters. The van der Waals surface area contributed by atoms with Crippen LogP contribution in [0.2, 0.25) is 0 Å². The van der Waals surface area contributed by atoms with E-state index in [0.29, 0.717) is 36.7 Å². The maximum absolute atomic E-state index is 13.3. The molecular weight excluding hydrogens is 376 g/mol. The molecule has 0 N–H and O–H groups in total. The molecule has 4 aliphatic heterocycles. The average Bonchev–Trinajstić information content (AvgIpc) is 3.03. The zero-order valence-corrected chi connectivity index (χ0v) is 18.0. The first kappa shape index (κ1) is 20.2. The maximum Gasteiger partial charge on any atom is 0.222 e. The fourth-order valence-electron chi connectivity index (χ4n) is 7.31. The Bertz CT molecular complexity index is 796. The summed E-state index contributed by atoms with van der Waals surface area (Å²) in [4.78, 5) is 44.0. The highest BCUT2D eigenvalue weighted by molar-refractivity contribution is 5.87. The third-order valence-corrected chi connectivity index (χ3v) is 8.67.